The number of piperazine rings is 1. The van der Waals surface area contributed by atoms with Gasteiger partial charge in [0.2, 0.25) is 0 Å². The Morgan fingerprint density at radius 3 is 2.44 bits per heavy atom. The molecule has 2 aromatic carbocycles. The van der Waals surface area contributed by atoms with Gasteiger partial charge in [0.1, 0.15) is 10.6 Å². The van der Waals surface area contributed by atoms with Gasteiger partial charge in [0.15, 0.2) is 11.5 Å². The first kappa shape index (κ1) is 22.6. The molecule has 1 fully saturated rings. The van der Waals surface area contributed by atoms with Crippen molar-refractivity contribution in [1.29, 1.82) is 0 Å². The number of nitrogens with zero attached hydrogens (tertiary/aromatic N) is 3. The van der Waals surface area contributed by atoms with Crippen LogP contribution in [0.1, 0.15) is 6.42 Å². The molecule has 0 saturated carbocycles. The molecule has 10 nitrogen and oxygen atoms in total. The Bertz CT molecular complexity index is 1180. The highest BCUT2D eigenvalue weighted by Gasteiger charge is 2.38. The van der Waals surface area contributed by atoms with Gasteiger partial charge >= 0.3 is 6.03 Å². The van der Waals surface area contributed by atoms with Crippen LogP contribution in [0.15, 0.2) is 41.3 Å². The highest BCUT2D eigenvalue weighted by molar-refractivity contribution is 7.90. The van der Waals surface area contributed by atoms with E-state index in [2.05, 4.69) is 15.1 Å². The number of anilines is 2. The van der Waals surface area contributed by atoms with Crippen molar-refractivity contribution in [2.45, 2.75) is 11.3 Å². The Morgan fingerprint density at radius 1 is 1.00 bits per heavy atom. The van der Waals surface area contributed by atoms with E-state index < -0.39 is 16.1 Å². The van der Waals surface area contributed by atoms with Crippen LogP contribution in [-0.2, 0) is 10.0 Å². The number of carbonyl (C=O) groups is 1. The lowest BCUT2D eigenvalue weighted by molar-refractivity contribution is 0.217. The summed E-state index contributed by atoms with van der Waals surface area (Å²) in [5, 5.41) is 2.70. The molecule has 0 bridgehead atoms. The van der Waals surface area contributed by atoms with E-state index in [4.69, 9.17) is 14.2 Å². The summed E-state index contributed by atoms with van der Waals surface area (Å²) in [6, 6.07) is 10.2. The largest absolute Gasteiger partial charge is 0.495 e. The van der Waals surface area contributed by atoms with Crippen LogP contribution in [0, 0.1) is 0 Å². The summed E-state index contributed by atoms with van der Waals surface area (Å²) in [6.07, 6.45) is 0.703. The maximum atomic E-state index is 13.3. The van der Waals surface area contributed by atoms with Crippen LogP contribution in [0.2, 0.25) is 0 Å². The zero-order valence-corrected chi connectivity index (χ0v) is 19.8. The Balaban J connectivity index is 1.25. The minimum absolute atomic E-state index is 0.0253. The van der Waals surface area contributed by atoms with Crippen LogP contribution in [-0.4, -0.2) is 83.2 Å². The van der Waals surface area contributed by atoms with Crippen LogP contribution in [0.3, 0.4) is 0 Å². The van der Waals surface area contributed by atoms with Gasteiger partial charge in [-0.1, -0.05) is 12.1 Å². The Morgan fingerprint density at radius 2 is 1.71 bits per heavy atom. The van der Waals surface area contributed by atoms with E-state index in [0.29, 0.717) is 37.7 Å². The van der Waals surface area contributed by atoms with Crippen LogP contribution in [0.5, 0.6) is 17.2 Å². The number of hydrogen-bond acceptors (Lipinski definition) is 8. The molecule has 2 amide bonds. The highest BCUT2D eigenvalue weighted by Crippen LogP contribution is 2.40. The molecule has 5 rings (SSSR count). The number of urea groups is 1. The maximum absolute atomic E-state index is 13.3. The van der Waals surface area contributed by atoms with Crippen LogP contribution in [0.4, 0.5) is 16.2 Å². The first-order chi connectivity index (χ1) is 16.5. The molecule has 3 heterocycles. The van der Waals surface area contributed by atoms with E-state index in [1.807, 2.05) is 24.3 Å². The van der Waals surface area contributed by atoms with Crippen molar-refractivity contribution in [2.75, 3.05) is 69.8 Å². The summed E-state index contributed by atoms with van der Waals surface area (Å²) in [5.41, 5.74) is 1.26. The zero-order valence-electron chi connectivity index (χ0n) is 19.0. The number of hydrogen-bond donors (Lipinski definition) is 1. The van der Waals surface area contributed by atoms with E-state index in [-0.39, 0.29) is 17.1 Å². The van der Waals surface area contributed by atoms with Crippen molar-refractivity contribution in [3.05, 3.63) is 36.4 Å². The average molecular weight is 489 g/mol. The number of benzene rings is 2. The van der Waals surface area contributed by atoms with Crippen molar-refractivity contribution >= 4 is 27.4 Å². The average Bonchev–Trinajstić information content (AvgIpc) is 3.08. The fourth-order valence-electron chi connectivity index (χ4n) is 4.46. The van der Waals surface area contributed by atoms with Crippen molar-refractivity contribution in [2.24, 2.45) is 0 Å². The quantitative estimate of drug-likeness (QED) is 0.684. The van der Waals surface area contributed by atoms with E-state index in [9.17, 15) is 13.2 Å². The van der Waals surface area contributed by atoms with Crippen molar-refractivity contribution in [3.8, 4) is 17.2 Å². The van der Waals surface area contributed by atoms with E-state index in [1.54, 1.807) is 7.11 Å². The molecule has 0 unspecified atom stereocenters. The molecule has 1 N–H and O–H groups in total. The number of fused-ring (bicyclic) bond motifs is 2. The number of amides is 2. The molecule has 0 radical (unpaired) electrons. The standard InChI is InChI=1S/C23H28N4O6S/c1-31-19-6-3-2-5-18(19)26-10-7-25(8-11-26)9-12-27-23(28)24-17-15-20-21(33-14-4-13-32-20)16-22(17)34(27,29)30/h2-3,5-6,15-16H,4,7-14H2,1H3,(H,24,28). The van der Waals surface area contributed by atoms with Crippen molar-refractivity contribution in [3.63, 3.8) is 0 Å². The minimum Gasteiger partial charge on any atom is -0.495 e. The Hall–Kier alpha value is -3.18. The van der Waals surface area contributed by atoms with Crippen LogP contribution in [0.25, 0.3) is 0 Å². The van der Waals surface area contributed by atoms with Gasteiger partial charge in [-0.15, -0.1) is 0 Å². The number of para-hydroxylation sites is 2. The van der Waals surface area contributed by atoms with Gasteiger partial charge in [0.25, 0.3) is 10.0 Å². The molecule has 182 valence electrons. The fraction of sp³-hybridized carbons (Fsp3) is 0.435. The highest BCUT2D eigenvalue weighted by atomic mass is 32.2. The lowest BCUT2D eigenvalue weighted by atomic mass is 10.2. The second-order valence-corrected chi connectivity index (χ2v) is 10.2. The molecule has 0 aliphatic carbocycles. The lowest BCUT2D eigenvalue weighted by Crippen LogP contribution is -2.51. The summed E-state index contributed by atoms with van der Waals surface area (Å²) >= 11 is 0. The van der Waals surface area contributed by atoms with Gasteiger partial charge < -0.3 is 24.4 Å². The van der Waals surface area contributed by atoms with Gasteiger partial charge in [-0.3, -0.25) is 4.90 Å². The molecule has 34 heavy (non-hydrogen) atoms. The van der Waals surface area contributed by atoms with Crippen LogP contribution < -0.4 is 24.4 Å². The monoisotopic (exact) mass is 488 g/mol. The first-order valence-electron chi connectivity index (χ1n) is 11.3. The maximum Gasteiger partial charge on any atom is 0.335 e. The molecule has 1 saturated heterocycles. The molecular formula is C23H28N4O6S. The Labute approximate surface area is 199 Å². The summed E-state index contributed by atoms with van der Waals surface area (Å²) in [5.74, 6) is 1.65. The van der Waals surface area contributed by atoms with Gasteiger partial charge in [-0.2, -0.15) is 0 Å². The minimum atomic E-state index is -4.01. The molecule has 3 aliphatic heterocycles. The Kier molecular flexibility index (Phi) is 6.13. The number of nitrogens with one attached hydrogen (secondary N) is 1. The molecular weight excluding hydrogens is 460 g/mol. The van der Waals surface area contributed by atoms with Gasteiger partial charge in [0.05, 0.1) is 38.2 Å². The second-order valence-electron chi connectivity index (χ2n) is 8.35. The number of sulfonamides is 1. The van der Waals surface area contributed by atoms with Crippen molar-refractivity contribution < 1.29 is 27.4 Å². The summed E-state index contributed by atoms with van der Waals surface area (Å²) in [6.45, 7) is 4.51. The summed E-state index contributed by atoms with van der Waals surface area (Å²) in [7, 11) is -2.35. The smallest absolute Gasteiger partial charge is 0.335 e. The summed E-state index contributed by atoms with van der Waals surface area (Å²) < 4.78 is 44.2. The van der Waals surface area contributed by atoms with E-state index in [1.165, 1.54) is 12.1 Å². The molecule has 0 atom stereocenters. The van der Waals surface area contributed by atoms with Gasteiger partial charge in [-0.25, -0.2) is 17.5 Å². The third-order valence-electron chi connectivity index (χ3n) is 6.30. The predicted molar refractivity (Wildman–Crippen MR) is 127 cm³/mol. The van der Waals surface area contributed by atoms with Gasteiger partial charge in [0, 0.05) is 51.3 Å². The van der Waals surface area contributed by atoms with Gasteiger partial charge in [-0.05, 0) is 12.1 Å². The van der Waals surface area contributed by atoms with E-state index >= 15 is 0 Å². The van der Waals surface area contributed by atoms with E-state index in [0.717, 1.165) is 41.9 Å². The molecule has 2 aromatic rings. The third kappa shape index (κ3) is 4.21. The molecule has 0 spiro atoms. The van der Waals surface area contributed by atoms with Crippen molar-refractivity contribution in [1.82, 2.24) is 9.21 Å². The first-order valence-corrected chi connectivity index (χ1v) is 12.8. The lowest BCUT2D eigenvalue weighted by Gasteiger charge is -2.37. The second kappa shape index (κ2) is 9.22. The SMILES string of the molecule is COc1ccccc1N1CCN(CCN2C(=O)Nc3cc4c(cc3S2(=O)=O)OCCCO4)CC1. The van der Waals surface area contributed by atoms with Crippen LogP contribution >= 0.6 is 0 Å². The summed E-state index contributed by atoms with van der Waals surface area (Å²) in [4.78, 5) is 17.2. The predicted octanol–water partition coefficient (Wildman–Crippen LogP) is 2.21. The fourth-order valence-corrected chi connectivity index (χ4v) is 5.93. The third-order valence-corrected chi connectivity index (χ3v) is 8.13. The number of rotatable bonds is 5. The number of carbonyl (C=O) groups excluding carboxylic acids is 1. The number of methoxy groups -OCH3 is 1. The molecule has 3 aliphatic rings. The number of ether oxygens (including phenoxy) is 3. The topological polar surface area (TPSA) is 101 Å². The zero-order chi connectivity index (χ0) is 23.7. The molecule has 0 aromatic heterocycles. The normalized spacial score (nSPS) is 19.7. The molecule has 11 heteroatoms.